The van der Waals surface area contributed by atoms with Crippen molar-refractivity contribution in [2.75, 3.05) is 5.32 Å². The predicted octanol–water partition coefficient (Wildman–Crippen LogP) is 2.93. The molecular formula is C13H8BrFN2O3. The van der Waals surface area contributed by atoms with E-state index in [4.69, 9.17) is 5.11 Å². The number of carbonyl (C=O) groups is 2. The molecule has 5 nitrogen and oxygen atoms in total. The minimum absolute atomic E-state index is 0.0829. The molecule has 0 fully saturated rings. The van der Waals surface area contributed by atoms with Gasteiger partial charge in [-0.2, -0.15) is 0 Å². The Bertz CT molecular complexity index is 691. The number of pyridine rings is 1. The van der Waals surface area contributed by atoms with Crippen molar-refractivity contribution < 1.29 is 19.1 Å². The van der Waals surface area contributed by atoms with Gasteiger partial charge in [-0.15, -0.1) is 0 Å². The zero-order chi connectivity index (χ0) is 14.7. The predicted molar refractivity (Wildman–Crippen MR) is 73.2 cm³/mol. The molecular weight excluding hydrogens is 331 g/mol. The van der Waals surface area contributed by atoms with E-state index in [0.29, 0.717) is 4.60 Å². The van der Waals surface area contributed by atoms with Crippen LogP contribution in [-0.4, -0.2) is 22.0 Å². The standard InChI is InChI=1S/C13H8BrFN2O3/c14-11-3-1-2-9(16-11)12(18)17-10-6-7(13(19)20)4-5-8(10)15/h1-6H,(H,17,18)(H,19,20). The Morgan fingerprint density at radius 2 is 2.00 bits per heavy atom. The average Bonchev–Trinajstić information content (AvgIpc) is 2.41. The van der Waals surface area contributed by atoms with Gasteiger partial charge in [0.05, 0.1) is 11.3 Å². The third-order valence-electron chi connectivity index (χ3n) is 2.41. The maximum absolute atomic E-state index is 13.6. The molecule has 0 atom stereocenters. The van der Waals surface area contributed by atoms with Crippen molar-refractivity contribution in [1.82, 2.24) is 4.98 Å². The molecule has 2 rings (SSSR count). The van der Waals surface area contributed by atoms with Crippen molar-refractivity contribution in [2.45, 2.75) is 0 Å². The smallest absolute Gasteiger partial charge is 0.335 e. The molecule has 2 N–H and O–H groups in total. The van der Waals surface area contributed by atoms with Crippen molar-refractivity contribution in [2.24, 2.45) is 0 Å². The zero-order valence-corrected chi connectivity index (χ0v) is 11.5. The van der Waals surface area contributed by atoms with E-state index in [1.807, 2.05) is 0 Å². The molecule has 0 aliphatic rings. The van der Waals surface area contributed by atoms with Crippen molar-refractivity contribution in [1.29, 1.82) is 0 Å². The van der Waals surface area contributed by atoms with E-state index in [1.54, 1.807) is 12.1 Å². The van der Waals surface area contributed by atoms with Gasteiger partial charge in [-0.3, -0.25) is 4.79 Å². The number of carboxylic acids is 1. The number of carboxylic acid groups (broad SMARTS) is 1. The van der Waals surface area contributed by atoms with Gasteiger partial charge in [-0.25, -0.2) is 14.2 Å². The maximum Gasteiger partial charge on any atom is 0.335 e. The number of hydrogen-bond acceptors (Lipinski definition) is 3. The van der Waals surface area contributed by atoms with Gasteiger partial charge in [0, 0.05) is 0 Å². The first-order valence-electron chi connectivity index (χ1n) is 5.44. The number of carbonyl (C=O) groups excluding carboxylic acids is 1. The van der Waals surface area contributed by atoms with Crippen molar-refractivity contribution >= 4 is 33.5 Å². The van der Waals surface area contributed by atoms with Crippen LogP contribution in [0.4, 0.5) is 10.1 Å². The number of aromatic nitrogens is 1. The molecule has 0 unspecified atom stereocenters. The van der Waals surface area contributed by atoms with E-state index >= 15 is 0 Å². The summed E-state index contributed by atoms with van der Waals surface area (Å²) in [5.41, 5.74) is -0.250. The number of nitrogens with zero attached hydrogens (tertiary/aromatic N) is 1. The van der Waals surface area contributed by atoms with Crippen molar-refractivity contribution in [3.63, 3.8) is 0 Å². The largest absolute Gasteiger partial charge is 0.478 e. The monoisotopic (exact) mass is 338 g/mol. The quantitative estimate of drug-likeness (QED) is 0.843. The molecule has 1 heterocycles. The van der Waals surface area contributed by atoms with Gasteiger partial charge in [0.1, 0.15) is 16.1 Å². The van der Waals surface area contributed by atoms with Crippen LogP contribution in [0, 0.1) is 5.82 Å². The van der Waals surface area contributed by atoms with Crippen LogP contribution in [0.25, 0.3) is 0 Å². The lowest BCUT2D eigenvalue weighted by Crippen LogP contribution is -2.15. The molecule has 20 heavy (non-hydrogen) atoms. The SMILES string of the molecule is O=C(O)c1ccc(F)c(NC(=O)c2cccc(Br)n2)c1. The van der Waals surface area contributed by atoms with Gasteiger partial charge in [0.2, 0.25) is 0 Å². The Morgan fingerprint density at radius 3 is 2.65 bits per heavy atom. The van der Waals surface area contributed by atoms with E-state index < -0.39 is 17.7 Å². The summed E-state index contributed by atoms with van der Waals surface area (Å²) in [7, 11) is 0. The minimum atomic E-state index is -1.21. The molecule has 7 heteroatoms. The Kier molecular flexibility index (Phi) is 4.09. The Balaban J connectivity index is 2.27. The molecule has 1 aromatic heterocycles. The first kappa shape index (κ1) is 14.1. The molecule has 0 aliphatic heterocycles. The van der Waals surface area contributed by atoms with Crippen LogP contribution in [0.5, 0.6) is 0 Å². The van der Waals surface area contributed by atoms with Gasteiger partial charge < -0.3 is 10.4 Å². The van der Waals surface area contributed by atoms with Gasteiger partial charge >= 0.3 is 5.97 Å². The van der Waals surface area contributed by atoms with E-state index in [2.05, 4.69) is 26.2 Å². The summed E-state index contributed by atoms with van der Waals surface area (Å²) in [4.78, 5) is 26.6. The van der Waals surface area contributed by atoms with Crippen LogP contribution in [0.2, 0.25) is 0 Å². The topological polar surface area (TPSA) is 79.3 Å². The number of halogens is 2. The Labute approximate surface area is 121 Å². The highest BCUT2D eigenvalue weighted by atomic mass is 79.9. The highest BCUT2D eigenvalue weighted by Gasteiger charge is 2.13. The van der Waals surface area contributed by atoms with Crippen LogP contribution in [-0.2, 0) is 0 Å². The summed E-state index contributed by atoms with van der Waals surface area (Å²) in [6.45, 7) is 0. The van der Waals surface area contributed by atoms with Crippen LogP contribution >= 0.6 is 15.9 Å². The van der Waals surface area contributed by atoms with Crippen LogP contribution in [0.15, 0.2) is 41.0 Å². The van der Waals surface area contributed by atoms with Crippen LogP contribution in [0.3, 0.4) is 0 Å². The maximum atomic E-state index is 13.6. The Morgan fingerprint density at radius 1 is 1.25 bits per heavy atom. The van der Waals surface area contributed by atoms with Crippen LogP contribution in [0.1, 0.15) is 20.8 Å². The van der Waals surface area contributed by atoms with Gasteiger partial charge in [0.15, 0.2) is 0 Å². The summed E-state index contributed by atoms with van der Waals surface area (Å²) in [5, 5.41) is 11.1. The molecule has 0 radical (unpaired) electrons. The third kappa shape index (κ3) is 3.18. The summed E-state index contributed by atoms with van der Waals surface area (Å²) in [6.07, 6.45) is 0. The molecule has 0 saturated carbocycles. The Hall–Kier alpha value is -2.28. The number of nitrogens with one attached hydrogen (secondary N) is 1. The fourth-order valence-corrected chi connectivity index (χ4v) is 1.82. The van der Waals surface area contributed by atoms with E-state index in [0.717, 1.165) is 18.2 Å². The number of rotatable bonds is 3. The summed E-state index contributed by atoms with van der Waals surface area (Å²) < 4.78 is 14.0. The highest BCUT2D eigenvalue weighted by Crippen LogP contribution is 2.17. The van der Waals surface area contributed by atoms with E-state index in [1.165, 1.54) is 6.07 Å². The second-order valence-electron chi connectivity index (χ2n) is 3.80. The fourth-order valence-electron chi connectivity index (χ4n) is 1.48. The van der Waals surface area contributed by atoms with Gasteiger partial charge in [-0.1, -0.05) is 6.07 Å². The molecule has 0 saturated heterocycles. The van der Waals surface area contributed by atoms with Crippen molar-refractivity contribution in [3.05, 3.63) is 58.1 Å². The number of amides is 1. The lowest BCUT2D eigenvalue weighted by molar-refractivity contribution is 0.0696. The van der Waals surface area contributed by atoms with Crippen LogP contribution < -0.4 is 5.32 Å². The number of hydrogen-bond donors (Lipinski definition) is 2. The highest BCUT2D eigenvalue weighted by molar-refractivity contribution is 9.10. The molecule has 1 aromatic carbocycles. The van der Waals surface area contributed by atoms with Gasteiger partial charge in [-0.05, 0) is 46.3 Å². The first-order valence-corrected chi connectivity index (χ1v) is 6.23. The third-order valence-corrected chi connectivity index (χ3v) is 2.85. The molecule has 0 bridgehead atoms. The molecule has 0 aliphatic carbocycles. The summed E-state index contributed by atoms with van der Waals surface area (Å²) >= 11 is 3.12. The zero-order valence-electron chi connectivity index (χ0n) is 9.93. The fraction of sp³-hybridized carbons (Fsp3) is 0. The van der Waals surface area contributed by atoms with E-state index in [9.17, 15) is 14.0 Å². The second kappa shape index (κ2) is 5.79. The first-order chi connectivity index (χ1) is 9.47. The molecule has 2 aromatic rings. The summed E-state index contributed by atoms with van der Waals surface area (Å²) in [5.74, 6) is -2.56. The average molecular weight is 339 g/mol. The molecule has 1 amide bonds. The normalized spacial score (nSPS) is 10.1. The lowest BCUT2D eigenvalue weighted by atomic mass is 10.2. The minimum Gasteiger partial charge on any atom is -0.478 e. The van der Waals surface area contributed by atoms with Gasteiger partial charge in [0.25, 0.3) is 5.91 Å². The number of aromatic carboxylic acids is 1. The second-order valence-corrected chi connectivity index (χ2v) is 4.61. The van der Waals surface area contributed by atoms with E-state index in [-0.39, 0.29) is 16.9 Å². The number of benzene rings is 1. The molecule has 102 valence electrons. The lowest BCUT2D eigenvalue weighted by Gasteiger charge is -2.07. The number of anilines is 1. The van der Waals surface area contributed by atoms with Crippen molar-refractivity contribution in [3.8, 4) is 0 Å². The summed E-state index contributed by atoms with van der Waals surface area (Å²) in [6, 6.07) is 7.85. The molecule has 0 spiro atoms.